The number of benzene rings is 2. The molecule has 2 aromatic heterocycles. The quantitative estimate of drug-likeness (QED) is 0.234. The fraction of sp³-hybridized carbons (Fsp3) is 0.312. The number of nitrogens with one attached hydrogen (secondary N) is 3. The van der Waals surface area contributed by atoms with Crippen LogP contribution in [-0.4, -0.2) is 78.2 Å². The van der Waals surface area contributed by atoms with Gasteiger partial charge in [0.15, 0.2) is 0 Å². The lowest BCUT2D eigenvalue weighted by Crippen LogP contribution is -2.43. The maximum absolute atomic E-state index is 15.3. The van der Waals surface area contributed by atoms with E-state index in [9.17, 15) is 4.79 Å². The van der Waals surface area contributed by atoms with Gasteiger partial charge in [-0.3, -0.25) is 4.79 Å². The summed E-state index contributed by atoms with van der Waals surface area (Å²) in [5, 5.41) is 10.7. The average molecular weight is 599 g/mol. The summed E-state index contributed by atoms with van der Waals surface area (Å²) in [7, 11) is 1.61. The molecule has 228 valence electrons. The van der Waals surface area contributed by atoms with E-state index in [1.165, 1.54) is 18.5 Å². The van der Waals surface area contributed by atoms with E-state index in [2.05, 4.69) is 42.4 Å². The molecular formula is C32H35FN8O3. The Balaban J connectivity index is 1.18. The first-order chi connectivity index (χ1) is 21.5. The Hall–Kier alpha value is -4.97. The number of amides is 1. The molecular weight excluding hydrogens is 563 g/mol. The Morgan fingerprint density at radius 1 is 1.02 bits per heavy atom. The molecule has 0 bridgehead atoms. The lowest BCUT2D eigenvalue weighted by Gasteiger charge is -2.32. The molecule has 4 heterocycles. The van der Waals surface area contributed by atoms with Crippen molar-refractivity contribution < 1.29 is 18.7 Å². The van der Waals surface area contributed by atoms with Crippen molar-refractivity contribution in [2.75, 3.05) is 61.9 Å². The van der Waals surface area contributed by atoms with Gasteiger partial charge in [0.05, 0.1) is 24.0 Å². The molecule has 0 unspecified atom stereocenters. The van der Waals surface area contributed by atoms with Crippen molar-refractivity contribution in [2.45, 2.75) is 18.9 Å². The van der Waals surface area contributed by atoms with Crippen LogP contribution in [0.2, 0.25) is 0 Å². The number of rotatable bonds is 9. The summed E-state index contributed by atoms with van der Waals surface area (Å²) in [4.78, 5) is 29.2. The second-order valence-electron chi connectivity index (χ2n) is 10.7. The molecule has 2 fully saturated rings. The summed E-state index contributed by atoms with van der Waals surface area (Å²) >= 11 is 0. The third-order valence-corrected chi connectivity index (χ3v) is 7.88. The van der Waals surface area contributed by atoms with Crippen LogP contribution in [0.1, 0.15) is 12.8 Å². The van der Waals surface area contributed by atoms with Crippen LogP contribution < -0.4 is 30.3 Å². The van der Waals surface area contributed by atoms with E-state index in [1.807, 2.05) is 18.2 Å². The molecule has 12 heteroatoms. The molecule has 44 heavy (non-hydrogen) atoms. The third-order valence-electron chi connectivity index (χ3n) is 7.88. The number of hydrogen-bond acceptors (Lipinski definition) is 10. The van der Waals surface area contributed by atoms with E-state index in [0.717, 1.165) is 50.5 Å². The number of halogens is 1. The van der Waals surface area contributed by atoms with Crippen molar-refractivity contribution in [1.29, 1.82) is 0 Å². The van der Waals surface area contributed by atoms with Crippen LogP contribution in [0.25, 0.3) is 10.9 Å². The van der Waals surface area contributed by atoms with Crippen LogP contribution in [0.5, 0.6) is 17.2 Å². The maximum atomic E-state index is 15.3. The van der Waals surface area contributed by atoms with Gasteiger partial charge in [0.25, 0.3) is 0 Å². The number of piperidine rings is 1. The highest BCUT2D eigenvalue weighted by Gasteiger charge is 2.23. The van der Waals surface area contributed by atoms with Crippen LogP contribution in [0.3, 0.4) is 0 Å². The molecule has 0 spiro atoms. The molecule has 0 aliphatic carbocycles. The van der Waals surface area contributed by atoms with Crippen molar-refractivity contribution in [2.24, 2.45) is 0 Å². The molecule has 0 atom stereocenters. The second kappa shape index (κ2) is 13.1. The molecule has 1 amide bonds. The number of piperazine rings is 1. The lowest BCUT2D eigenvalue weighted by molar-refractivity contribution is -0.126. The monoisotopic (exact) mass is 598 g/mol. The number of carbonyl (C=O) groups excluding carboxylic acids is 1. The maximum Gasteiger partial charge on any atom is 0.245 e. The molecule has 2 aliphatic rings. The van der Waals surface area contributed by atoms with Crippen molar-refractivity contribution in [1.82, 2.24) is 25.2 Å². The Labute approximate surface area is 255 Å². The van der Waals surface area contributed by atoms with Gasteiger partial charge in [0.2, 0.25) is 5.91 Å². The Morgan fingerprint density at radius 2 is 1.82 bits per heavy atom. The van der Waals surface area contributed by atoms with Crippen molar-refractivity contribution in [3.05, 3.63) is 73.5 Å². The van der Waals surface area contributed by atoms with Crippen LogP contribution in [0.4, 0.5) is 27.4 Å². The summed E-state index contributed by atoms with van der Waals surface area (Å²) in [5.74, 6) is 2.34. The molecule has 0 radical (unpaired) electrons. The number of aromatic nitrogens is 3. The van der Waals surface area contributed by atoms with E-state index < -0.39 is 5.82 Å². The molecule has 4 aromatic rings. The summed E-state index contributed by atoms with van der Waals surface area (Å²) in [6.07, 6.45) is 6.05. The Bertz CT molecular complexity index is 1650. The first-order valence-electron chi connectivity index (χ1n) is 14.7. The fourth-order valence-electron chi connectivity index (χ4n) is 5.51. The van der Waals surface area contributed by atoms with Crippen LogP contribution >= 0.6 is 0 Å². The van der Waals surface area contributed by atoms with Crippen LogP contribution in [0, 0.1) is 5.82 Å². The van der Waals surface area contributed by atoms with Gasteiger partial charge in [0.1, 0.15) is 41.0 Å². The molecule has 2 aliphatic heterocycles. The number of anilines is 4. The third kappa shape index (κ3) is 6.50. The summed E-state index contributed by atoms with van der Waals surface area (Å²) in [6.45, 7) is 8.40. The van der Waals surface area contributed by atoms with Gasteiger partial charge < -0.3 is 35.2 Å². The number of pyridine rings is 1. The Kier molecular flexibility index (Phi) is 8.69. The lowest BCUT2D eigenvalue weighted by atomic mass is 10.0. The first kappa shape index (κ1) is 29.1. The number of likely N-dealkylation sites (tertiary alicyclic amines) is 1. The average Bonchev–Trinajstić information content (AvgIpc) is 3.06. The SMILES string of the molecule is C=CC(=O)N1CCC(Nc2cc3c(Nc4ccc(Oc5ccnc(N6CCNCC6)c5)cc4F)ncnc3cc2OC)CC1. The van der Waals surface area contributed by atoms with Crippen molar-refractivity contribution in [3.63, 3.8) is 0 Å². The topological polar surface area (TPSA) is 117 Å². The van der Waals surface area contributed by atoms with Gasteiger partial charge in [-0.15, -0.1) is 0 Å². The zero-order valence-electron chi connectivity index (χ0n) is 24.6. The standard InChI is InChI=1S/C32H35FN8O3/c1-3-31(42)41-12-7-21(8-13-41)38-28-18-24-27(19-29(28)43-2)36-20-37-32(24)39-26-5-4-22(16-25(26)33)44-23-6-9-35-30(17-23)40-14-10-34-11-15-40/h3-6,9,16-21,34,38H,1,7-8,10-15H2,2H3,(H,36,37,39). The smallest absolute Gasteiger partial charge is 0.245 e. The van der Waals surface area contributed by atoms with E-state index in [4.69, 9.17) is 9.47 Å². The van der Waals surface area contributed by atoms with Gasteiger partial charge in [-0.25, -0.2) is 19.3 Å². The van der Waals surface area contributed by atoms with E-state index in [0.29, 0.717) is 47.1 Å². The number of nitrogens with zero attached hydrogens (tertiary/aromatic N) is 5. The normalized spacial score (nSPS) is 15.6. The van der Waals surface area contributed by atoms with Crippen LogP contribution in [0.15, 0.2) is 67.6 Å². The van der Waals surface area contributed by atoms with Gasteiger partial charge in [-0.1, -0.05) is 6.58 Å². The molecule has 0 saturated carbocycles. The van der Waals surface area contributed by atoms with E-state index >= 15 is 4.39 Å². The van der Waals surface area contributed by atoms with Crippen LogP contribution in [-0.2, 0) is 4.79 Å². The zero-order chi connectivity index (χ0) is 30.5. The van der Waals surface area contributed by atoms with Crippen molar-refractivity contribution >= 4 is 39.8 Å². The number of carbonyl (C=O) groups is 1. The number of ether oxygens (including phenoxy) is 2. The minimum atomic E-state index is -0.488. The highest BCUT2D eigenvalue weighted by molar-refractivity contribution is 5.95. The highest BCUT2D eigenvalue weighted by atomic mass is 19.1. The van der Waals surface area contributed by atoms with E-state index in [1.54, 1.807) is 36.4 Å². The van der Waals surface area contributed by atoms with Gasteiger partial charge in [-0.2, -0.15) is 0 Å². The molecule has 2 saturated heterocycles. The second-order valence-corrected chi connectivity index (χ2v) is 10.7. The van der Waals surface area contributed by atoms with Gasteiger partial charge in [0, 0.05) is 75.1 Å². The fourth-order valence-corrected chi connectivity index (χ4v) is 5.51. The zero-order valence-corrected chi connectivity index (χ0v) is 24.6. The molecule has 6 rings (SSSR count). The highest BCUT2D eigenvalue weighted by Crippen LogP contribution is 2.35. The Morgan fingerprint density at radius 3 is 2.57 bits per heavy atom. The van der Waals surface area contributed by atoms with E-state index in [-0.39, 0.29) is 17.6 Å². The van der Waals surface area contributed by atoms with Gasteiger partial charge in [-0.05, 0) is 43.2 Å². The first-order valence-corrected chi connectivity index (χ1v) is 14.7. The summed E-state index contributed by atoms with van der Waals surface area (Å²) < 4.78 is 27.0. The number of methoxy groups -OCH3 is 1. The van der Waals surface area contributed by atoms with Crippen molar-refractivity contribution in [3.8, 4) is 17.2 Å². The van der Waals surface area contributed by atoms with Gasteiger partial charge >= 0.3 is 0 Å². The minimum absolute atomic E-state index is 0.0521. The molecule has 2 aromatic carbocycles. The summed E-state index contributed by atoms with van der Waals surface area (Å²) in [5.41, 5.74) is 1.67. The predicted molar refractivity (Wildman–Crippen MR) is 169 cm³/mol. The number of fused-ring (bicyclic) bond motifs is 1. The summed E-state index contributed by atoms with van der Waals surface area (Å²) in [6, 6.07) is 12.2. The number of hydrogen-bond donors (Lipinski definition) is 3. The molecule has 11 nitrogen and oxygen atoms in total. The minimum Gasteiger partial charge on any atom is -0.495 e. The predicted octanol–water partition coefficient (Wildman–Crippen LogP) is 4.71. The largest absolute Gasteiger partial charge is 0.495 e. The molecule has 3 N–H and O–H groups in total.